The summed E-state index contributed by atoms with van der Waals surface area (Å²) < 4.78 is 6.76. The number of aliphatic hydroxyl groups is 1. The van der Waals surface area contributed by atoms with Crippen LogP contribution >= 0.6 is 22.7 Å². The summed E-state index contributed by atoms with van der Waals surface area (Å²) in [6.07, 6.45) is -0.882. The zero-order valence-corrected chi connectivity index (χ0v) is 14.8. The van der Waals surface area contributed by atoms with Gasteiger partial charge in [-0.25, -0.2) is 0 Å². The molecule has 1 amide bonds. The number of carbonyl (C=O) groups is 1. The molecule has 0 saturated heterocycles. The van der Waals surface area contributed by atoms with E-state index in [0.29, 0.717) is 10.6 Å². The van der Waals surface area contributed by atoms with Crippen LogP contribution in [0.25, 0.3) is 20.7 Å². The lowest BCUT2D eigenvalue weighted by atomic mass is 10.2. The third-order valence-corrected chi connectivity index (χ3v) is 5.82. The van der Waals surface area contributed by atoms with E-state index in [0.717, 1.165) is 20.7 Å². The van der Waals surface area contributed by atoms with E-state index in [2.05, 4.69) is 5.32 Å². The van der Waals surface area contributed by atoms with Gasteiger partial charge >= 0.3 is 0 Å². The predicted molar refractivity (Wildman–Crippen MR) is 101 cm³/mol. The van der Waals surface area contributed by atoms with Gasteiger partial charge in [-0.05, 0) is 41.1 Å². The van der Waals surface area contributed by atoms with Crippen molar-refractivity contribution in [1.82, 2.24) is 5.32 Å². The molecular weight excluding hydrogens is 354 g/mol. The minimum Gasteiger partial charge on any atom is -0.457 e. The fourth-order valence-electron chi connectivity index (χ4n) is 2.55. The van der Waals surface area contributed by atoms with Crippen molar-refractivity contribution >= 4 is 38.7 Å². The second kappa shape index (κ2) is 6.84. The van der Waals surface area contributed by atoms with Gasteiger partial charge in [0.25, 0.3) is 5.91 Å². The van der Waals surface area contributed by atoms with Crippen LogP contribution < -0.4 is 5.32 Å². The largest absolute Gasteiger partial charge is 0.457 e. The lowest BCUT2D eigenvalue weighted by molar-refractivity contribution is 0.0906. The van der Waals surface area contributed by atoms with Gasteiger partial charge in [-0.15, -0.1) is 22.7 Å². The molecule has 25 heavy (non-hydrogen) atoms. The smallest absolute Gasteiger partial charge is 0.261 e. The first-order valence-electron chi connectivity index (χ1n) is 7.79. The second-order valence-corrected chi connectivity index (χ2v) is 7.59. The summed E-state index contributed by atoms with van der Waals surface area (Å²) in [5.41, 5.74) is 0. The van der Waals surface area contributed by atoms with Crippen molar-refractivity contribution in [2.75, 3.05) is 6.54 Å². The maximum absolute atomic E-state index is 12.3. The van der Waals surface area contributed by atoms with E-state index in [-0.39, 0.29) is 12.5 Å². The lowest BCUT2D eigenvalue weighted by Gasteiger charge is -2.08. The Bertz CT molecular complexity index is 968. The first kappa shape index (κ1) is 16.1. The molecule has 4 aromatic rings. The summed E-state index contributed by atoms with van der Waals surface area (Å²) >= 11 is 3.01. The molecule has 0 aliphatic rings. The summed E-state index contributed by atoms with van der Waals surface area (Å²) in [4.78, 5) is 13.9. The van der Waals surface area contributed by atoms with Crippen LogP contribution in [0.2, 0.25) is 0 Å². The quantitative estimate of drug-likeness (QED) is 0.537. The molecule has 6 heteroatoms. The lowest BCUT2D eigenvalue weighted by Crippen LogP contribution is -2.27. The van der Waals surface area contributed by atoms with E-state index < -0.39 is 6.10 Å². The maximum Gasteiger partial charge on any atom is 0.261 e. The summed E-state index contributed by atoms with van der Waals surface area (Å²) in [5, 5.41) is 16.0. The molecule has 0 aliphatic heterocycles. The zero-order valence-electron chi connectivity index (χ0n) is 13.1. The highest BCUT2D eigenvalue weighted by atomic mass is 32.1. The number of hydrogen-bond acceptors (Lipinski definition) is 5. The van der Waals surface area contributed by atoms with Crippen LogP contribution in [0.15, 0.2) is 64.4 Å². The minimum atomic E-state index is -0.882. The van der Waals surface area contributed by atoms with E-state index >= 15 is 0 Å². The molecule has 1 unspecified atom stereocenters. The number of thiophene rings is 2. The number of hydrogen-bond donors (Lipinski definition) is 2. The van der Waals surface area contributed by atoms with Gasteiger partial charge < -0.3 is 14.8 Å². The molecule has 4 nitrogen and oxygen atoms in total. The predicted octanol–water partition coefficient (Wildman–Crippen LogP) is 4.69. The van der Waals surface area contributed by atoms with E-state index in [1.807, 2.05) is 53.9 Å². The molecule has 0 aliphatic carbocycles. The molecule has 3 heterocycles. The van der Waals surface area contributed by atoms with Crippen molar-refractivity contribution in [2.45, 2.75) is 6.10 Å². The Morgan fingerprint density at radius 1 is 1.16 bits per heavy atom. The highest BCUT2D eigenvalue weighted by Crippen LogP contribution is 2.29. The number of furan rings is 1. The van der Waals surface area contributed by atoms with Crippen molar-refractivity contribution in [2.24, 2.45) is 0 Å². The number of amides is 1. The van der Waals surface area contributed by atoms with Crippen molar-refractivity contribution in [1.29, 1.82) is 0 Å². The van der Waals surface area contributed by atoms with Crippen molar-refractivity contribution in [3.63, 3.8) is 0 Å². The van der Waals surface area contributed by atoms with Gasteiger partial charge in [0.2, 0.25) is 0 Å². The average Bonchev–Trinajstić information content (AvgIpc) is 3.38. The maximum atomic E-state index is 12.3. The Hall–Kier alpha value is -2.41. The second-order valence-electron chi connectivity index (χ2n) is 5.55. The van der Waals surface area contributed by atoms with Gasteiger partial charge in [0.05, 0.1) is 16.3 Å². The highest BCUT2D eigenvalue weighted by Gasteiger charge is 2.16. The van der Waals surface area contributed by atoms with Crippen LogP contribution in [0.1, 0.15) is 21.5 Å². The van der Waals surface area contributed by atoms with E-state index in [9.17, 15) is 9.90 Å². The normalized spacial score (nSPS) is 12.4. The summed E-state index contributed by atoms with van der Waals surface area (Å²) in [5.74, 6) is 0.977. The van der Waals surface area contributed by atoms with Crippen LogP contribution in [0.4, 0.5) is 0 Å². The number of rotatable bonds is 5. The third-order valence-electron chi connectivity index (χ3n) is 3.82. The molecule has 4 rings (SSSR count). The molecule has 0 saturated carbocycles. The molecular formula is C19H15NO3S2. The van der Waals surface area contributed by atoms with Crippen molar-refractivity contribution in [3.8, 4) is 10.6 Å². The average molecular weight is 369 g/mol. The van der Waals surface area contributed by atoms with Gasteiger partial charge in [-0.2, -0.15) is 0 Å². The Morgan fingerprint density at radius 2 is 2.04 bits per heavy atom. The van der Waals surface area contributed by atoms with Crippen LogP contribution in [0.5, 0.6) is 0 Å². The molecule has 1 atom stereocenters. The molecule has 2 N–H and O–H groups in total. The number of nitrogens with one attached hydrogen (secondary N) is 1. The number of benzene rings is 1. The Morgan fingerprint density at radius 3 is 2.84 bits per heavy atom. The van der Waals surface area contributed by atoms with Crippen LogP contribution in [-0.4, -0.2) is 17.6 Å². The number of carbonyl (C=O) groups excluding carboxylic acids is 1. The van der Waals surface area contributed by atoms with Gasteiger partial charge in [-0.3, -0.25) is 4.79 Å². The van der Waals surface area contributed by atoms with E-state index in [4.69, 9.17) is 4.42 Å². The van der Waals surface area contributed by atoms with E-state index in [1.54, 1.807) is 17.4 Å². The van der Waals surface area contributed by atoms with Gasteiger partial charge in [-0.1, -0.05) is 24.3 Å². The van der Waals surface area contributed by atoms with Crippen LogP contribution in [-0.2, 0) is 0 Å². The monoisotopic (exact) mass is 369 g/mol. The summed E-state index contributed by atoms with van der Waals surface area (Å²) in [6.45, 7) is 0.102. The van der Waals surface area contributed by atoms with Crippen LogP contribution in [0.3, 0.4) is 0 Å². The first-order chi connectivity index (χ1) is 12.2. The van der Waals surface area contributed by atoms with Gasteiger partial charge in [0, 0.05) is 4.70 Å². The molecule has 1 aromatic carbocycles. The topological polar surface area (TPSA) is 62.5 Å². The molecule has 0 radical (unpaired) electrons. The third kappa shape index (κ3) is 3.37. The van der Waals surface area contributed by atoms with E-state index in [1.165, 1.54) is 11.3 Å². The SMILES string of the molecule is O=C(NCC(O)c1ccc(-c2cccs2)o1)c1cc2ccccc2s1. The van der Waals surface area contributed by atoms with Gasteiger partial charge in [0.15, 0.2) is 0 Å². The molecule has 0 bridgehead atoms. The molecule has 0 fully saturated rings. The highest BCUT2D eigenvalue weighted by molar-refractivity contribution is 7.20. The molecule has 0 spiro atoms. The Labute approximate surface area is 152 Å². The van der Waals surface area contributed by atoms with Gasteiger partial charge in [0.1, 0.15) is 17.6 Å². The Kier molecular flexibility index (Phi) is 4.40. The molecule has 3 aromatic heterocycles. The first-order valence-corrected chi connectivity index (χ1v) is 9.49. The fourth-order valence-corrected chi connectivity index (χ4v) is 4.22. The molecule has 126 valence electrons. The fraction of sp³-hybridized carbons (Fsp3) is 0.105. The summed E-state index contributed by atoms with van der Waals surface area (Å²) in [7, 11) is 0. The summed E-state index contributed by atoms with van der Waals surface area (Å²) in [6, 6.07) is 17.2. The zero-order chi connectivity index (χ0) is 17.2. The minimum absolute atomic E-state index is 0.102. The number of fused-ring (bicyclic) bond motifs is 1. The van der Waals surface area contributed by atoms with Crippen molar-refractivity contribution < 1.29 is 14.3 Å². The van der Waals surface area contributed by atoms with Crippen molar-refractivity contribution in [3.05, 3.63) is 70.6 Å². The number of aliphatic hydroxyl groups excluding tert-OH is 1. The standard InChI is InChI=1S/C19H15NO3S2/c21-13(14-7-8-15(23-14)17-6-3-9-24-17)11-20-19(22)18-10-12-4-1-2-5-16(12)25-18/h1-10,13,21H,11H2,(H,20,22). The Balaban J connectivity index is 1.41. The van der Waals surface area contributed by atoms with Crippen LogP contribution in [0, 0.1) is 0 Å².